The molecule has 0 saturated carbocycles. The Morgan fingerprint density at radius 3 is 2.24 bits per heavy atom. The molecule has 3 heterocycles. The van der Waals surface area contributed by atoms with E-state index < -0.39 is 10.0 Å². The first-order valence-corrected chi connectivity index (χ1v) is 13.7. The molecule has 4 aromatic rings. The Kier molecular flexibility index (Phi) is 6.81. The Bertz CT molecular complexity index is 1640. The van der Waals surface area contributed by atoms with Crippen LogP contribution in [0, 0.1) is 13.8 Å². The number of hydrogen-bond donors (Lipinski definition) is 1. The van der Waals surface area contributed by atoms with Gasteiger partial charge in [-0.25, -0.2) is 13.4 Å². The minimum Gasteiger partial charge on any atom is -0.335 e. The van der Waals surface area contributed by atoms with Crippen LogP contribution in [-0.4, -0.2) is 66.2 Å². The number of para-hydroxylation sites is 1. The number of anilines is 1. The van der Waals surface area contributed by atoms with Crippen molar-refractivity contribution < 1.29 is 18.0 Å². The average molecular weight is 530 g/mol. The van der Waals surface area contributed by atoms with Gasteiger partial charge < -0.3 is 9.80 Å². The van der Waals surface area contributed by atoms with Crippen LogP contribution in [0.15, 0.2) is 77.8 Å². The SMILES string of the molecule is Cc1cccc(C(=O)N2CCN(C(=O)c3ccc(NS(=O)(=O)c4cccc5cccnc45)c(C)c3)CC2)n1. The number of fused-ring (bicyclic) bond motifs is 1. The lowest BCUT2D eigenvalue weighted by Gasteiger charge is -2.34. The van der Waals surface area contributed by atoms with Crippen LogP contribution in [0.1, 0.15) is 32.1 Å². The topological polar surface area (TPSA) is 113 Å². The minimum absolute atomic E-state index is 0.0865. The highest BCUT2D eigenvalue weighted by molar-refractivity contribution is 7.93. The van der Waals surface area contributed by atoms with E-state index in [2.05, 4.69) is 14.7 Å². The molecular formula is C28H27N5O4S. The molecule has 1 N–H and O–H groups in total. The predicted octanol–water partition coefficient (Wildman–Crippen LogP) is 3.65. The molecule has 1 aliphatic heterocycles. The molecule has 0 atom stereocenters. The Labute approximate surface area is 221 Å². The van der Waals surface area contributed by atoms with Crippen molar-refractivity contribution >= 4 is 38.4 Å². The lowest BCUT2D eigenvalue weighted by atomic mass is 10.1. The predicted molar refractivity (Wildman–Crippen MR) is 145 cm³/mol. The van der Waals surface area contributed by atoms with Gasteiger partial charge in [0.25, 0.3) is 21.8 Å². The monoisotopic (exact) mass is 529 g/mol. The second-order valence-electron chi connectivity index (χ2n) is 9.22. The molecule has 0 bridgehead atoms. The summed E-state index contributed by atoms with van der Waals surface area (Å²) in [5.74, 6) is -0.309. The first-order chi connectivity index (χ1) is 18.2. The molecule has 1 fully saturated rings. The lowest BCUT2D eigenvalue weighted by molar-refractivity contribution is 0.0532. The first-order valence-electron chi connectivity index (χ1n) is 12.2. The zero-order chi connectivity index (χ0) is 26.9. The maximum absolute atomic E-state index is 13.2. The smallest absolute Gasteiger partial charge is 0.272 e. The number of benzene rings is 2. The van der Waals surface area contributed by atoms with E-state index >= 15 is 0 Å². The van der Waals surface area contributed by atoms with E-state index in [9.17, 15) is 18.0 Å². The quantitative estimate of drug-likeness (QED) is 0.422. The number of hydrogen-bond acceptors (Lipinski definition) is 6. The molecule has 2 amide bonds. The highest BCUT2D eigenvalue weighted by Crippen LogP contribution is 2.26. The molecule has 0 radical (unpaired) electrons. The second kappa shape index (κ2) is 10.2. The number of amides is 2. The molecule has 5 rings (SSSR count). The fourth-order valence-electron chi connectivity index (χ4n) is 4.52. The third-order valence-corrected chi connectivity index (χ3v) is 7.96. The maximum atomic E-state index is 13.2. The van der Waals surface area contributed by atoms with Crippen LogP contribution in [-0.2, 0) is 10.0 Å². The van der Waals surface area contributed by atoms with Crippen molar-refractivity contribution in [3.63, 3.8) is 0 Å². The van der Waals surface area contributed by atoms with Gasteiger partial charge in [-0.05, 0) is 61.9 Å². The molecule has 10 heteroatoms. The number of aryl methyl sites for hydroxylation is 2. The van der Waals surface area contributed by atoms with Gasteiger partial charge >= 0.3 is 0 Å². The molecule has 0 spiro atoms. The van der Waals surface area contributed by atoms with Gasteiger partial charge in [-0.2, -0.15) is 0 Å². The summed E-state index contributed by atoms with van der Waals surface area (Å²) in [5.41, 5.74) is 3.03. The molecule has 194 valence electrons. The van der Waals surface area contributed by atoms with Crippen molar-refractivity contribution in [1.29, 1.82) is 0 Å². The van der Waals surface area contributed by atoms with Crippen molar-refractivity contribution in [1.82, 2.24) is 19.8 Å². The number of sulfonamides is 1. The van der Waals surface area contributed by atoms with Gasteiger partial charge in [0.15, 0.2) is 0 Å². The fraction of sp³-hybridized carbons (Fsp3) is 0.214. The second-order valence-corrected chi connectivity index (χ2v) is 10.9. The summed E-state index contributed by atoms with van der Waals surface area (Å²) in [6, 6.07) is 18.8. The maximum Gasteiger partial charge on any atom is 0.272 e. The van der Waals surface area contributed by atoms with Crippen LogP contribution < -0.4 is 4.72 Å². The Balaban J connectivity index is 1.27. The van der Waals surface area contributed by atoms with Gasteiger partial charge in [-0.1, -0.05) is 24.3 Å². The van der Waals surface area contributed by atoms with Crippen molar-refractivity contribution in [3.05, 3.63) is 95.4 Å². The van der Waals surface area contributed by atoms with Crippen molar-refractivity contribution in [2.45, 2.75) is 18.7 Å². The molecule has 38 heavy (non-hydrogen) atoms. The van der Waals surface area contributed by atoms with Gasteiger partial charge in [0.1, 0.15) is 10.6 Å². The highest BCUT2D eigenvalue weighted by Gasteiger charge is 2.27. The number of aromatic nitrogens is 2. The van der Waals surface area contributed by atoms with Gasteiger partial charge in [0.2, 0.25) is 0 Å². The van der Waals surface area contributed by atoms with Crippen molar-refractivity contribution in [2.75, 3.05) is 30.9 Å². The van der Waals surface area contributed by atoms with E-state index in [1.165, 1.54) is 6.07 Å². The van der Waals surface area contributed by atoms with E-state index in [0.29, 0.717) is 54.2 Å². The molecule has 1 aliphatic rings. The average Bonchev–Trinajstić information content (AvgIpc) is 2.93. The summed E-state index contributed by atoms with van der Waals surface area (Å²) in [4.78, 5) is 38.0. The number of carbonyl (C=O) groups is 2. The van der Waals surface area contributed by atoms with Gasteiger partial charge in [0.05, 0.1) is 11.2 Å². The first kappa shape index (κ1) is 25.3. The summed E-state index contributed by atoms with van der Waals surface area (Å²) in [5, 5.41) is 0.727. The number of piperazine rings is 1. The van der Waals surface area contributed by atoms with E-state index in [1.807, 2.05) is 25.1 Å². The number of nitrogens with zero attached hydrogens (tertiary/aromatic N) is 4. The summed E-state index contributed by atoms with van der Waals surface area (Å²) in [6.07, 6.45) is 1.56. The summed E-state index contributed by atoms with van der Waals surface area (Å²) in [7, 11) is -3.91. The van der Waals surface area contributed by atoms with Crippen LogP contribution in [0.5, 0.6) is 0 Å². The Morgan fingerprint density at radius 1 is 0.842 bits per heavy atom. The normalized spacial score (nSPS) is 13.9. The molecule has 2 aromatic carbocycles. The molecule has 1 saturated heterocycles. The highest BCUT2D eigenvalue weighted by atomic mass is 32.2. The van der Waals surface area contributed by atoms with Crippen LogP contribution in [0.4, 0.5) is 5.69 Å². The number of carbonyl (C=O) groups excluding carboxylic acids is 2. The van der Waals surface area contributed by atoms with Crippen molar-refractivity contribution in [2.24, 2.45) is 0 Å². The van der Waals surface area contributed by atoms with Gasteiger partial charge in [-0.15, -0.1) is 0 Å². The molecule has 0 aliphatic carbocycles. The standard InChI is InChI=1S/C28H27N5O4S/c1-19-18-22(27(34)32-14-16-33(17-15-32)28(35)24-9-3-6-20(2)30-24)11-12-23(19)31-38(36,37)25-10-4-7-21-8-5-13-29-26(21)25/h3-13,18,31H,14-17H2,1-2H3. The van der Waals surface area contributed by atoms with E-state index in [4.69, 9.17) is 0 Å². The van der Waals surface area contributed by atoms with Gasteiger partial charge in [-0.3, -0.25) is 19.3 Å². The molecule has 0 unspecified atom stereocenters. The zero-order valence-corrected chi connectivity index (χ0v) is 21.9. The van der Waals surface area contributed by atoms with Crippen LogP contribution in [0.2, 0.25) is 0 Å². The lowest BCUT2D eigenvalue weighted by Crippen LogP contribution is -2.50. The minimum atomic E-state index is -3.91. The summed E-state index contributed by atoms with van der Waals surface area (Å²) >= 11 is 0. The number of pyridine rings is 2. The molecule has 9 nitrogen and oxygen atoms in total. The Morgan fingerprint density at radius 2 is 1.53 bits per heavy atom. The van der Waals surface area contributed by atoms with Crippen molar-refractivity contribution in [3.8, 4) is 0 Å². The van der Waals surface area contributed by atoms with Gasteiger partial charge in [0, 0.05) is 49.0 Å². The third-order valence-electron chi connectivity index (χ3n) is 6.56. The molecular weight excluding hydrogens is 502 g/mol. The van der Waals surface area contributed by atoms with Crippen LogP contribution in [0.3, 0.4) is 0 Å². The van der Waals surface area contributed by atoms with E-state index in [0.717, 1.165) is 11.1 Å². The Hall–Kier alpha value is -4.31. The van der Waals surface area contributed by atoms with E-state index in [-0.39, 0.29) is 16.7 Å². The van der Waals surface area contributed by atoms with E-state index in [1.54, 1.807) is 65.4 Å². The zero-order valence-electron chi connectivity index (χ0n) is 21.1. The van der Waals surface area contributed by atoms with Crippen LogP contribution in [0.25, 0.3) is 10.9 Å². The molecule has 2 aromatic heterocycles. The number of rotatable bonds is 5. The third kappa shape index (κ3) is 5.08. The summed E-state index contributed by atoms with van der Waals surface area (Å²) in [6.45, 7) is 5.22. The number of nitrogens with one attached hydrogen (secondary N) is 1. The largest absolute Gasteiger partial charge is 0.335 e. The fourth-order valence-corrected chi connectivity index (χ4v) is 5.83. The summed E-state index contributed by atoms with van der Waals surface area (Å²) < 4.78 is 29.0. The van der Waals surface area contributed by atoms with Crippen LogP contribution >= 0.6 is 0 Å².